The molecule has 372 valence electrons. The maximum atomic E-state index is 12.8. The number of esters is 3. The van der Waals surface area contributed by atoms with Gasteiger partial charge in [0.15, 0.2) is 6.10 Å². The number of rotatable bonds is 50. The van der Waals surface area contributed by atoms with Crippen molar-refractivity contribution in [3.8, 4) is 0 Å². The Kier molecular flexibility index (Phi) is 50.8. The molecule has 0 aromatic carbocycles. The van der Waals surface area contributed by atoms with Gasteiger partial charge in [0.25, 0.3) is 0 Å². The molecule has 0 radical (unpaired) electrons. The number of hydrogen-bond donors (Lipinski definition) is 0. The van der Waals surface area contributed by atoms with Gasteiger partial charge < -0.3 is 14.2 Å². The fourth-order valence-electron chi connectivity index (χ4n) is 7.92. The predicted molar refractivity (Wildman–Crippen MR) is 275 cm³/mol. The second-order valence-corrected chi connectivity index (χ2v) is 18.5. The van der Waals surface area contributed by atoms with Crippen LogP contribution < -0.4 is 0 Å². The van der Waals surface area contributed by atoms with Crippen LogP contribution in [0.15, 0.2) is 48.6 Å². The fraction of sp³-hybridized carbons (Fsp3) is 0.810. The van der Waals surface area contributed by atoms with Crippen molar-refractivity contribution in [3.63, 3.8) is 0 Å². The summed E-state index contributed by atoms with van der Waals surface area (Å²) in [5.74, 6) is -0.882. The monoisotopic (exact) mass is 897 g/mol. The molecule has 0 aromatic rings. The summed E-state index contributed by atoms with van der Waals surface area (Å²) in [7, 11) is 0. The molecule has 0 aliphatic carbocycles. The van der Waals surface area contributed by atoms with E-state index in [4.69, 9.17) is 14.2 Å². The van der Waals surface area contributed by atoms with Crippen molar-refractivity contribution in [1.82, 2.24) is 0 Å². The standard InChI is InChI=1S/C58H104O6/c1-4-7-10-13-16-19-22-25-28-31-33-36-39-42-45-48-51-57(60)63-54-55(64-58(61)52-49-46-43-40-37-34-30-27-24-21-18-15-12-9-6-3)53-62-56(59)50-47-44-41-38-35-32-29-26-23-20-17-14-11-8-5-2/h7,10,16,19,21,24-25,28,55H,4-6,8-9,11-15,17-18,20,22-23,26-27,29-54H2,1-3H3/b10-7-,19-16-,24-21-,28-25-. The van der Waals surface area contributed by atoms with Crippen molar-refractivity contribution >= 4 is 17.9 Å². The van der Waals surface area contributed by atoms with Crippen LogP contribution in [0.3, 0.4) is 0 Å². The van der Waals surface area contributed by atoms with Crippen LogP contribution in [0, 0.1) is 0 Å². The van der Waals surface area contributed by atoms with Crippen molar-refractivity contribution < 1.29 is 28.6 Å². The summed E-state index contributed by atoms with van der Waals surface area (Å²) in [4.78, 5) is 38.1. The maximum absolute atomic E-state index is 12.8. The molecule has 0 aliphatic rings. The third-order valence-corrected chi connectivity index (χ3v) is 12.1. The van der Waals surface area contributed by atoms with Crippen LogP contribution in [-0.2, 0) is 28.6 Å². The predicted octanol–water partition coefficient (Wildman–Crippen LogP) is 18.3. The number of allylic oxidation sites excluding steroid dienone is 8. The van der Waals surface area contributed by atoms with Crippen molar-refractivity contribution in [3.05, 3.63) is 48.6 Å². The molecule has 0 spiro atoms. The van der Waals surface area contributed by atoms with E-state index in [9.17, 15) is 14.4 Å². The zero-order valence-corrected chi connectivity index (χ0v) is 42.6. The van der Waals surface area contributed by atoms with Gasteiger partial charge in [0.2, 0.25) is 0 Å². The molecule has 0 N–H and O–H groups in total. The molecule has 0 rings (SSSR count). The van der Waals surface area contributed by atoms with E-state index >= 15 is 0 Å². The highest BCUT2D eigenvalue weighted by Gasteiger charge is 2.19. The smallest absolute Gasteiger partial charge is 0.306 e. The first kappa shape index (κ1) is 61.4. The molecule has 6 heteroatoms. The largest absolute Gasteiger partial charge is 0.462 e. The minimum Gasteiger partial charge on any atom is -0.462 e. The first-order chi connectivity index (χ1) is 31.5. The highest BCUT2D eigenvalue weighted by atomic mass is 16.6. The summed E-state index contributed by atoms with van der Waals surface area (Å²) in [6.45, 7) is 6.53. The van der Waals surface area contributed by atoms with Crippen LogP contribution >= 0.6 is 0 Å². The molecular formula is C58H104O6. The van der Waals surface area contributed by atoms with E-state index in [2.05, 4.69) is 69.4 Å². The Morgan fingerprint density at radius 3 is 0.984 bits per heavy atom. The van der Waals surface area contributed by atoms with Gasteiger partial charge in [-0.15, -0.1) is 0 Å². The SMILES string of the molecule is CC/C=C\C/C=C\C/C=C\CCCCCCCCC(=O)OCC(COC(=O)CCCCCCCCCCCCCCCCC)OC(=O)CCCCCCCCC/C=C\CCCCCC. The topological polar surface area (TPSA) is 78.9 Å². The summed E-state index contributed by atoms with van der Waals surface area (Å²) < 4.78 is 16.8. The van der Waals surface area contributed by atoms with Gasteiger partial charge in [-0.3, -0.25) is 14.4 Å². The molecule has 0 aromatic heterocycles. The lowest BCUT2D eigenvalue weighted by Crippen LogP contribution is -2.30. The zero-order valence-electron chi connectivity index (χ0n) is 42.6. The molecule has 0 saturated carbocycles. The van der Waals surface area contributed by atoms with Crippen molar-refractivity contribution in [2.75, 3.05) is 13.2 Å². The minimum atomic E-state index is -0.778. The van der Waals surface area contributed by atoms with Gasteiger partial charge in [0.1, 0.15) is 13.2 Å². The molecule has 0 fully saturated rings. The van der Waals surface area contributed by atoms with Gasteiger partial charge in [0, 0.05) is 19.3 Å². The minimum absolute atomic E-state index is 0.0762. The van der Waals surface area contributed by atoms with Gasteiger partial charge in [-0.1, -0.05) is 236 Å². The molecule has 0 heterocycles. The number of carbonyl (C=O) groups is 3. The second kappa shape index (κ2) is 53.0. The normalized spacial score (nSPS) is 12.4. The van der Waals surface area contributed by atoms with Crippen LogP contribution in [-0.4, -0.2) is 37.2 Å². The molecular weight excluding hydrogens is 793 g/mol. The molecule has 0 aliphatic heterocycles. The number of hydrogen-bond acceptors (Lipinski definition) is 6. The van der Waals surface area contributed by atoms with Crippen LogP contribution in [0.25, 0.3) is 0 Å². The quantitative estimate of drug-likeness (QED) is 0.0262. The summed E-state index contributed by atoms with van der Waals surface area (Å²) >= 11 is 0. The molecule has 1 unspecified atom stereocenters. The van der Waals surface area contributed by atoms with Crippen molar-refractivity contribution in [2.45, 2.75) is 290 Å². The third kappa shape index (κ3) is 50.4. The molecule has 0 bridgehead atoms. The summed E-state index contributed by atoms with van der Waals surface area (Å²) in [6.07, 6.45) is 63.8. The first-order valence-electron chi connectivity index (χ1n) is 27.6. The number of unbranched alkanes of at least 4 members (excludes halogenated alkanes) is 31. The van der Waals surface area contributed by atoms with Crippen LogP contribution in [0.5, 0.6) is 0 Å². The Balaban J connectivity index is 4.38. The molecule has 6 nitrogen and oxygen atoms in total. The Morgan fingerprint density at radius 1 is 0.328 bits per heavy atom. The summed E-state index contributed by atoms with van der Waals surface area (Å²) in [5.41, 5.74) is 0. The van der Waals surface area contributed by atoms with Gasteiger partial charge in [0.05, 0.1) is 0 Å². The van der Waals surface area contributed by atoms with Crippen molar-refractivity contribution in [1.29, 1.82) is 0 Å². The first-order valence-corrected chi connectivity index (χ1v) is 27.6. The second-order valence-electron chi connectivity index (χ2n) is 18.5. The van der Waals surface area contributed by atoms with E-state index < -0.39 is 6.10 Å². The zero-order chi connectivity index (χ0) is 46.5. The average Bonchev–Trinajstić information content (AvgIpc) is 3.29. The lowest BCUT2D eigenvalue weighted by atomic mass is 10.0. The van der Waals surface area contributed by atoms with E-state index in [-0.39, 0.29) is 31.1 Å². The Hall–Kier alpha value is -2.63. The molecule has 0 saturated heterocycles. The van der Waals surface area contributed by atoms with E-state index in [1.165, 1.54) is 161 Å². The van der Waals surface area contributed by atoms with E-state index in [1.807, 2.05) is 0 Å². The summed E-state index contributed by atoms with van der Waals surface area (Å²) in [6, 6.07) is 0. The maximum Gasteiger partial charge on any atom is 0.306 e. The lowest BCUT2D eigenvalue weighted by Gasteiger charge is -2.18. The van der Waals surface area contributed by atoms with E-state index in [0.29, 0.717) is 19.3 Å². The van der Waals surface area contributed by atoms with Crippen LogP contribution in [0.4, 0.5) is 0 Å². The summed E-state index contributed by atoms with van der Waals surface area (Å²) in [5, 5.41) is 0. The fourth-order valence-corrected chi connectivity index (χ4v) is 7.92. The molecule has 64 heavy (non-hydrogen) atoms. The Labute approximate surface area is 397 Å². The van der Waals surface area contributed by atoms with Crippen LogP contribution in [0.1, 0.15) is 284 Å². The van der Waals surface area contributed by atoms with Crippen molar-refractivity contribution in [2.24, 2.45) is 0 Å². The number of carbonyl (C=O) groups excluding carboxylic acids is 3. The Bertz CT molecular complexity index is 1120. The molecule has 0 amide bonds. The lowest BCUT2D eigenvalue weighted by molar-refractivity contribution is -0.167. The molecule has 1 atom stereocenters. The average molecular weight is 897 g/mol. The van der Waals surface area contributed by atoms with E-state index in [1.54, 1.807) is 0 Å². The van der Waals surface area contributed by atoms with Gasteiger partial charge in [-0.05, 0) is 77.0 Å². The van der Waals surface area contributed by atoms with Gasteiger partial charge in [-0.25, -0.2) is 0 Å². The van der Waals surface area contributed by atoms with Gasteiger partial charge in [-0.2, -0.15) is 0 Å². The van der Waals surface area contributed by atoms with Crippen LogP contribution in [0.2, 0.25) is 0 Å². The Morgan fingerprint density at radius 2 is 0.609 bits per heavy atom. The van der Waals surface area contributed by atoms with Gasteiger partial charge >= 0.3 is 17.9 Å². The number of ether oxygens (including phenoxy) is 3. The third-order valence-electron chi connectivity index (χ3n) is 12.1. The highest BCUT2D eigenvalue weighted by Crippen LogP contribution is 2.16. The van der Waals surface area contributed by atoms with E-state index in [0.717, 1.165) is 83.5 Å². The highest BCUT2D eigenvalue weighted by molar-refractivity contribution is 5.71.